The number of nitriles is 1. The van der Waals surface area contributed by atoms with Crippen molar-refractivity contribution in [2.24, 2.45) is 0 Å². The van der Waals surface area contributed by atoms with Gasteiger partial charge in [-0.25, -0.2) is 5.10 Å². The van der Waals surface area contributed by atoms with Crippen LogP contribution in [0, 0.1) is 11.3 Å². The van der Waals surface area contributed by atoms with Crippen LogP contribution in [0.25, 0.3) is 22.4 Å². The molecule has 0 radical (unpaired) electrons. The van der Waals surface area contributed by atoms with Gasteiger partial charge in [0, 0.05) is 5.56 Å². The first-order valence-electron chi connectivity index (χ1n) is 7.11. The van der Waals surface area contributed by atoms with Crippen LogP contribution < -0.4 is 4.74 Å². The number of nitrogens with one attached hydrogen (secondary N) is 1. The van der Waals surface area contributed by atoms with E-state index in [1.165, 1.54) is 13.2 Å². The quantitative estimate of drug-likeness (QED) is 0.778. The number of aromatic nitrogens is 3. The highest BCUT2D eigenvalue weighted by Crippen LogP contribution is 2.38. The molecule has 0 spiro atoms. The van der Waals surface area contributed by atoms with Crippen molar-refractivity contribution in [3.05, 3.63) is 53.7 Å². The van der Waals surface area contributed by atoms with Crippen LogP contribution in [0.15, 0.2) is 42.5 Å². The van der Waals surface area contributed by atoms with Crippen LogP contribution in [0.4, 0.5) is 13.2 Å². The molecule has 25 heavy (non-hydrogen) atoms. The summed E-state index contributed by atoms with van der Waals surface area (Å²) < 4.78 is 44.4. The Morgan fingerprint density at radius 1 is 1.08 bits per heavy atom. The van der Waals surface area contributed by atoms with Crippen LogP contribution in [0.3, 0.4) is 0 Å². The fraction of sp³-hybridized carbons (Fsp3) is 0.118. The molecular weight excluding hydrogens is 333 g/mol. The van der Waals surface area contributed by atoms with Crippen molar-refractivity contribution in [3.63, 3.8) is 0 Å². The van der Waals surface area contributed by atoms with Gasteiger partial charge in [0.15, 0.2) is 5.69 Å². The van der Waals surface area contributed by atoms with Gasteiger partial charge in [-0.15, -0.1) is 5.10 Å². The molecular formula is C17H11F3N4O. The Hall–Kier alpha value is -3.34. The van der Waals surface area contributed by atoms with Gasteiger partial charge < -0.3 is 4.74 Å². The molecule has 5 nitrogen and oxygen atoms in total. The van der Waals surface area contributed by atoms with Gasteiger partial charge >= 0.3 is 6.18 Å². The molecule has 1 N–H and O–H groups in total. The Morgan fingerprint density at radius 2 is 1.80 bits per heavy atom. The zero-order chi connectivity index (χ0) is 18.0. The Balaban J connectivity index is 2.22. The van der Waals surface area contributed by atoms with Crippen LogP contribution in [0.5, 0.6) is 5.75 Å². The van der Waals surface area contributed by atoms with Crippen LogP contribution in [0.1, 0.15) is 11.3 Å². The van der Waals surface area contributed by atoms with E-state index in [1.807, 2.05) is 6.07 Å². The standard InChI is InChI=1S/C17H11F3N4O/c1-25-12-5-2-10(3-6-12)13-7-4-11(17(18,19)20)8-14(13)16-15(9-21)22-24-23-16/h2-8H,1H3,(H,22,23,24). The zero-order valence-corrected chi connectivity index (χ0v) is 12.9. The first kappa shape index (κ1) is 16.5. The summed E-state index contributed by atoms with van der Waals surface area (Å²) in [5, 5.41) is 18.8. The fourth-order valence-electron chi connectivity index (χ4n) is 2.43. The Bertz CT molecular complexity index is 940. The Morgan fingerprint density at radius 3 is 2.40 bits per heavy atom. The molecule has 0 aliphatic rings. The van der Waals surface area contributed by atoms with Crippen molar-refractivity contribution in [1.29, 1.82) is 5.26 Å². The molecule has 2 aromatic carbocycles. The predicted octanol–water partition coefficient (Wildman–Crippen LogP) is 4.04. The fourth-order valence-corrected chi connectivity index (χ4v) is 2.43. The second-order valence-electron chi connectivity index (χ2n) is 5.13. The maximum atomic E-state index is 13.1. The SMILES string of the molecule is COc1ccc(-c2ccc(C(F)(F)F)cc2-c2nn[nH]c2C#N)cc1. The molecule has 0 aliphatic heterocycles. The third-order valence-corrected chi connectivity index (χ3v) is 3.66. The Kier molecular flexibility index (Phi) is 4.15. The minimum absolute atomic E-state index is 0.00548. The number of hydrogen-bond donors (Lipinski definition) is 1. The number of nitrogens with zero attached hydrogens (tertiary/aromatic N) is 3. The van der Waals surface area contributed by atoms with Gasteiger partial charge in [-0.1, -0.05) is 23.4 Å². The topological polar surface area (TPSA) is 74.6 Å². The van der Waals surface area contributed by atoms with Gasteiger partial charge in [-0.3, -0.25) is 0 Å². The number of hydrogen-bond acceptors (Lipinski definition) is 4. The lowest BCUT2D eigenvalue weighted by Crippen LogP contribution is -2.05. The predicted molar refractivity (Wildman–Crippen MR) is 83.5 cm³/mol. The van der Waals surface area contributed by atoms with Crippen molar-refractivity contribution in [2.75, 3.05) is 7.11 Å². The number of ether oxygens (including phenoxy) is 1. The molecule has 3 rings (SSSR count). The number of aromatic amines is 1. The molecule has 126 valence electrons. The lowest BCUT2D eigenvalue weighted by molar-refractivity contribution is -0.137. The summed E-state index contributed by atoms with van der Waals surface area (Å²) in [6.45, 7) is 0. The largest absolute Gasteiger partial charge is 0.497 e. The maximum Gasteiger partial charge on any atom is 0.416 e. The number of alkyl halides is 3. The highest BCUT2D eigenvalue weighted by atomic mass is 19.4. The van der Waals surface area contributed by atoms with Gasteiger partial charge in [0.25, 0.3) is 0 Å². The van der Waals surface area contributed by atoms with E-state index < -0.39 is 11.7 Å². The zero-order valence-electron chi connectivity index (χ0n) is 12.9. The minimum Gasteiger partial charge on any atom is -0.497 e. The third kappa shape index (κ3) is 3.17. The van der Waals surface area contributed by atoms with E-state index >= 15 is 0 Å². The molecule has 0 atom stereocenters. The molecule has 0 saturated heterocycles. The molecule has 0 saturated carbocycles. The summed E-state index contributed by atoms with van der Waals surface area (Å²) in [7, 11) is 1.52. The van der Waals surface area contributed by atoms with E-state index in [1.54, 1.807) is 24.3 Å². The summed E-state index contributed by atoms with van der Waals surface area (Å²) >= 11 is 0. The summed E-state index contributed by atoms with van der Waals surface area (Å²) in [5.74, 6) is 0.622. The number of methoxy groups -OCH3 is 1. The highest BCUT2D eigenvalue weighted by molar-refractivity contribution is 5.84. The van der Waals surface area contributed by atoms with Crippen LogP contribution in [0.2, 0.25) is 0 Å². The van der Waals surface area contributed by atoms with Crippen LogP contribution in [-0.2, 0) is 6.18 Å². The number of H-pyrrole nitrogens is 1. The number of halogens is 3. The molecule has 0 fully saturated rings. The summed E-state index contributed by atoms with van der Waals surface area (Å²) in [5.41, 5.74) is 0.572. The van der Waals surface area contributed by atoms with Crippen molar-refractivity contribution < 1.29 is 17.9 Å². The lowest BCUT2D eigenvalue weighted by Gasteiger charge is -2.13. The molecule has 3 aromatic rings. The van der Waals surface area contributed by atoms with E-state index in [0.717, 1.165) is 12.1 Å². The van der Waals surface area contributed by atoms with Crippen molar-refractivity contribution >= 4 is 0 Å². The highest BCUT2D eigenvalue weighted by Gasteiger charge is 2.32. The minimum atomic E-state index is -4.51. The first-order chi connectivity index (χ1) is 11.9. The number of benzene rings is 2. The second kappa shape index (κ2) is 6.28. The monoisotopic (exact) mass is 344 g/mol. The second-order valence-corrected chi connectivity index (χ2v) is 5.13. The van der Waals surface area contributed by atoms with E-state index in [2.05, 4.69) is 15.4 Å². The van der Waals surface area contributed by atoms with Crippen LogP contribution >= 0.6 is 0 Å². The average Bonchev–Trinajstić information content (AvgIpc) is 3.09. The van der Waals surface area contributed by atoms with Crippen LogP contribution in [-0.4, -0.2) is 22.5 Å². The molecule has 0 unspecified atom stereocenters. The number of rotatable bonds is 3. The molecule has 0 amide bonds. The van der Waals surface area contributed by atoms with E-state index in [-0.39, 0.29) is 17.0 Å². The third-order valence-electron chi connectivity index (χ3n) is 3.66. The van der Waals surface area contributed by atoms with E-state index in [9.17, 15) is 13.2 Å². The lowest BCUT2D eigenvalue weighted by atomic mass is 9.94. The van der Waals surface area contributed by atoms with E-state index in [4.69, 9.17) is 10.00 Å². The normalized spacial score (nSPS) is 11.2. The summed E-state index contributed by atoms with van der Waals surface area (Å²) in [4.78, 5) is 0. The van der Waals surface area contributed by atoms with Crippen molar-refractivity contribution in [3.8, 4) is 34.2 Å². The molecule has 1 aromatic heterocycles. The van der Waals surface area contributed by atoms with Gasteiger partial charge in [0.05, 0.1) is 12.7 Å². The average molecular weight is 344 g/mol. The molecule has 0 aliphatic carbocycles. The molecule has 0 bridgehead atoms. The smallest absolute Gasteiger partial charge is 0.416 e. The van der Waals surface area contributed by atoms with Gasteiger partial charge in [-0.05, 0) is 35.4 Å². The summed E-state index contributed by atoms with van der Waals surface area (Å²) in [6, 6.07) is 12.0. The van der Waals surface area contributed by atoms with Gasteiger partial charge in [0.2, 0.25) is 0 Å². The van der Waals surface area contributed by atoms with Gasteiger partial charge in [0.1, 0.15) is 17.5 Å². The Labute approximate surface area is 140 Å². The summed E-state index contributed by atoms with van der Waals surface area (Å²) in [6.07, 6.45) is -4.51. The first-order valence-corrected chi connectivity index (χ1v) is 7.11. The van der Waals surface area contributed by atoms with Crippen molar-refractivity contribution in [2.45, 2.75) is 6.18 Å². The molecule has 8 heteroatoms. The molecule has 1 heterocycles. The van der Waals surface area contributed by atoms with Gasteiger partial charge in [-0.2, -0.15) is 18.4 Å². The van der Waals surface area contributed by atoms with Crippen molar-refractivity contribution in [1.82, 2.24) is 15.4 Å². The van der Waals surface area contributed by atoms with E-state index in [0.29, 0.717) is 16.9 Å². The maximum absolute atomic E-state index is 13.1.